The second-order valence-electron chi connectivity index (χ2n) is 5.15. The first-order chi connectivity index (χ1) is 8.99. The Hall–Kier alpha value is -1.26. The van der Waals surface area contributed by atoms with Crippen molar-refractivity contribution in [2.45, 2.75) is 37.8 Å². The summed E-state index contributed by atoms with van der Waals surface area (Å²) in [5, 5.41) is 10.2. The lowest BCUT2D eigenvalue weighted by atomic mass is 9.90. The number of carbonyl (C=O) groups is 1. The van der Waals surface area contributed by atoms with E-state index in [-0.39, 0.29) is 23.7 Å². The minimum atomic E-state index is -0.172. The lowest BCUT2D eigenvalue weighted by Crippen LogP contribution is -2.41. The van der Waals surface area contributed by atoms with E-state index in [2.05, 4.69) is 0 Å². The van der Waals surface area contributed by atoms with Gasteiger partial charge in [0.25, 0.3) is 5.91 Å². The van der Waals surface area contributed by atoms with Crippen LogP contribution < -0.4 is 5.73 Å². The van der Waals surface area contributed by atoms with Gasteiger partial charge in [-0.25, -0.2) is 0 Å². The van der Waals surface area contributed by atoms with E-state index in [1.54, 1.807) is 24.1 Å². The molecule has 0 radical (unpaired) electrons. The highest BCUT2D eigenvalue weighted by Gasteiger charge is 2.26. The monoisotopic (exact) mass is 282 g/mol. The molecule has 0 saturated heterocycles. The van der Waals surface area contributed by atoms with E-state index in [1.807, 2.05) is 0 Å². The van der Waals surface area contributed by atoms with Gasteiger partial charge in [-0.2, -0.15) is 0 Å². The van der Waals surface area contributed by atoms with Crippen molar-refractivity contribution in [2.75, 3.05) is 7.05 Å². The molecule has 3 N–H and O–H groups in total. The average Bonchev–Trinajstić information content (AvgIpc) is 2.38. The summed E-state index contributed by atoms with van der Waals surface area (Å²) in [7, 11) is 1.78. The van der Waals surface area contributed by atoms with Gasteiger partial charge in [0, 0.05) is 24.2 Å². The van der Waals surface area contributed by atoms with Crippen LogP contribution in [0.4, 0.5) is 0 Å². The van der Waals surface area contributed by atoms with Crippen molar-refractivity contribution in [3.05, 3.63) is 28.8 Å². The van der Waals surface area contributed by atoms with Crippen LogP contribution in [0.15, 0.2) is 18.2 Å². The zero-order valence-corrected chi connectivity index (χ0v) is 11.7. The summed E-state index contributed by atoms with van der Waals surface area (Å²) in [6.45, 7) is 0. The second kappa shape index (κ2) is 5.80. The van der Waals surface area contributed by atoms with Gasteiger partial charge in [0.1, 0.15) is 5.75 Å². The molecule has 1 saturated carbocycles. The highest BCUT2D eigenvalue weighted by atomic mass is 35.5. The van der Waals surface area contributed by atoms with Crippen molar-refractivity contribution in [2.24, 2.45) is 5.73 Å². The number of hydrogen-bond donors (Lipinski definition) is 2. The van der Waals surface area contributed by atoms with Crippen LogP contribution in [0.3, 0.4) is 0 Å². The molecule has 1 amide bonds. The van der Waals surface area contributed by atoms with Gasteiger partial charge < -0.3 is 15.7 Å². The first-order valence-electron chi connectivity index (χ1n) is 6.50. The molecule has 1 fully saturated rings. The molecule has 4 nitrogen and oxygen atoms in total. The molecule has 0 atom stereocenters. The molecule has 1 aliphatic rings. The fraction of sp³-hybridized carbons (Fsp3) is 0.500. The third kappa shape index (κ3) is 3.19. The largest absolute Gasteiger partial charge is 0.507 e. The summed E-state index contributed by atoms with van der Waals surface area (Å²) < 4.78 is 0. The Kier molecular flexibility index (Phi) is 4.32. The van der Waals surface area contributed by atoms with Crippen LogP contribution in [0, 0.1) is 0 Å². The Morgan fingerprint density at radius 3 is 2.58 bits per heavy atom. The molecule has 104 valence electrons. The van der Waals surface area contributed by atoms with Crippen molar-refractivity contribution < 1.29 is 9.90 Å². The van der Waals surface area contributed by atoms with Crippen LogP contribution in [0.2, 0.25) is 5.02 Å². The smallest absolute Gasteiger partial charge is 0.257 e. The number of phenolic OH excluding ortho intramolecular Hbond substituents is 1. The number of carbonyl (C=O) groups excluding carboxylic acids is 1. The summed E-state index contributed by atoms with van der Waals surface area (Å²) in [6, 6.07) is 5.01. The summed E-state index contributed by atoms with van der Waals surface area (Å²) in [4.78, 5) is 14.1. The van der Waals surface area contributed by atoms with Crippen LogP contribution in [0.5, 0.6) is 5.75 Å². The normalized spacial score (nSPS) is 23.1. The predicted molar refractivity (Wildman–Crippen MR) is 75.4 cm³/mol. The van der Waals surface area contributed by atoms with Gasteiger partial charge in [-0.1, -0.05) is 11.6 Å². The molecule has 2 rings (SSSR count). The number of aromatic hydroxyl groups is 1. The number of hydrogen-bond acceptors (Lipinski definition) is 3. The Morgan fingerprint density at radius 1 is 1.37 bits per heavy atom. The first kappa shape index (κ1) is 14.2. The van der Waals surface area contributed by atoms with Crippen LogP contribution in [0.1, 0.15) is 36.0 Å². The zero-order chi connectivity index (χ0) is 14.0. The summed E-state index contributed by atoms with van der Waals surface area (Å²) in [6.07, 6.45) is 3.71. The topological polar surface area (TPSA) is 66.6 Å². The number of rotatable bonds is 2. The third-order valence-corrected chi connectivity index (χ3v) is 4.03. The van der Waals surface area contributed by atoms with Gasteiger partial charge in [0.05, 0.1) is 5.56 Å². The molecule has 0 spiro atoms. The highest BCUT2D eigenvalue weighted by molar-refractivity contribution is 6.30. The molecule has 0 heterocycles. The Bertz CT molecular complexity index is 471. The quantitative estimate of drug-likeness (QED) is 0.875. The van der Waals surface area contributed by atoms with Crippen molar-refractivity contribution in [3.8, 4) is 5.75 Å². The van der Waals surface area contributed by atoms with Gasteiger partial charge in [0.15, 0.2) is 0 Å². The fourth-order valence-corrected chi connectivity index (χ4v) is 2.70. The third-order valence-electron chi connectivity index (χ3n) is 3.80. The number of benzene rings is 1. The lowest BCUT2D eigenvalue weighted by Gasteiger charge is -2.33. The molecular weight excluding hydrogens is 264 g/mol. The van der Waals surface area contributed by atoms with E-state index in [0.29, 0.717) is 10.6 Å². The molecule has 5 heteroatoms. The minimum absolute atomic E-state index is 0.0724. The SMILES string of the molecule is CN(C(=O)c1ccc(Cl)cc1O)C1CCC(N)CC1. The Morgan fingerprint density at radius 2 is 2.00 bits per heavy atom. The summed E-state index contributed by atoms with van der Waals surface area (Å²) in [5.74, 6) is -0.244. The predicted octanol–water partition coefficient (Wildman–Crippen LogP) is 2.39. The number of amides is 1. The maximum atomic E-state index is 12.3. The highest BCUT2D eigenvalue weighted by Crippen LogP contribution is 2.26. The van der Waals surface area contributed by atoms with Crippen molar-refractivity contribution >= 4 is 17.5 Å². The van der Waals surface area contributed by atoms with Crippen LogP contribution >= 0.6 is 11.6 Å². The molecule has 0 bridgehead atoms. The molecule has 1 aromatic rings. The number of nitrogens with zero attached hydrogens (tertiary/aromatic N) is 1. The average molecular weight is 283 g/mol. The molecule has 0 aromatic heterocycles. The van der Waals surface area contributed by atoms with E-state index in [1.165, 1.54) is 6.07 Å². The lowest BCUT2D eigenvalue weighted by molar-refractivity contribution is 0.0687. The van der Waals surface area contributed by atoms with Crippen molar-refractivity contribution in [1.29, 1.82) is 0 Å². The van der Waals surface area contributed by atoms with Crippen molar-refractivity contribution in [1.82, 2.24) is 4.90 Å². The van der Waals surface area contributed by atoms with E-state index in [9.17, 15) is 9.90 Å². The van der Waals surface area contributed by atoms with E-state index < -0.39 is 0 Å². The van der Waals surface area contributed by atoms with E-state index >= 15 is 0 Å². The molecule has 1 aromatic carbocycles. The minimum Gasteiger partial charge on any atom is -0.507 e. The van der Waals surface area contributed by atoms with Crippen LogP contribution in [-0.2, 0) is 0 Å². The molecule has 0 unspecified atom stereocenters. The van der Waals surface area contributed by atoms with Crippen LogP contribution in [0.25, 0.3) is 0 Å². The maximum Gasteiger partial charge on any atom is 0.257 e. The second-order valence-corrected chi connectivity index (χ2v) is 5.58. The number of halogens is 1. The zero-order valence-electron chi connectivity index (χ0n) is 11.0. The van der Waals surface area contributed by atoms with Gasteiger partial charge in [0.2, 0.25) is 0 Å². The fourth-order valence-electron chi connectivity index (χ4n) is 2.53. The van der Waals surface area contributed by atoms with Gasteiger partial charge in [-0.05, 0) is 43.9 Å². The number of nitrogens with two attached hydrogens (primary N) is 1. The van der Waals surface area contributed by atoms with Gasteiger partial charge in [-0.3, -0.25) is 4.79 Å². The summed E-state index contributed by atoms with van der Waals surface area (Å²) in [5.41, 5.74) is 6.16. The first-order valence-corrected chi connectivity index (χ1v) is 6.88. The molecular formula is C14H19ClN2O2. The maximum absolute atomic E-state index is 12.3. The Balaban J connectivity index is 2.10. The van der Waals surface area contributed by atoms with Crippen LogP contribution in [-0.4, -0.2) is 35.0 Å². The molecule has 1 aliphatic carbocycles. The molecule has 19 heavy (non-hydrogen) atoms. The van der Waals surface area contributed by atoms with Gasteiger partial charge >= 0.3 is 0 Å². The van der Waals surface area contributed by atoms with E-state index in [4.69, 9.17) is 17.3 Å². The number of phenols is 1. The van der Waals surface area contributed by atoms with Crippen molar-refractivity contribution in [3.63, 3.8) is 0 Å². The standard InChI is InChI=1S/C14H19ClN2O2/c1-17(11-5-3-10(16)4-6-11)14(19)12-7-2-9(15)8-13(12)18/h2,7-8,10-11,18H,3-6,16H2,1H3. The Labute approximate surface area is 118 Å². The summed E-state index contributed by atoms with van der Waals surface area (Å²) >= 11 is 5.77. The molecule has 0 aliphatic heterocycles. The van der Waals surface area contributed by atoms with E-state index in [0.717, 1.165) is 25.7 Å². The van der Waals surface area contributed by atoms with Gasteiger partial charge in [-0.15, -0.1) is 0 Å².